The molecule has 3 nitrogen and oxygen atoms in total. The largest absolute Gasteiger partial charge is 0.328 e. The Morgan fingerprint density at radius 3 is 2.62 bits per heavy atom. The van der Waals surface area contributed by atoms with E-state index in [2.05, 4.69) is 37.7 Å². The molecule has 2 N–H and O–H groups in total. The Balaban J connectivity index is 2.50. The lowest BCUT2D eigenvalue weighted by Crippen LogP contribution is -2.41. The Bertz CT molecular complexity index is 192. The Hall–Kier alpha value is -0.120. The second kappa shape index (κ2) is 6.58. The molecule has 0 radical (unpaired) electrons. The standard InChI is InChI=1S/C13H29N3/c1-5-6-13-12(11(2)14)7-8-16(13)10-9-15(3)4/h11-13H,5-10,14H2,1-4H3/t11-,12?,13?/m1/s1. The van der Waals surface area contributed by atoms with Crippen molar-refractivity contribution in [1.82, 2.24) is 9.80 Å². The quantitative estimate of drug-likeness (QED) is 0.744. The van der Waals surface area contributed by atoms with Gasteiger partial charge in [0.1, 0.15) is 0 Å². The van der Waals surface area contributed by atoms with E-state index in [-0.39, 0.29) is 0 Å². The van der Waals surface area contributed by atoms with Crippen LogP contribution in [-0.4, -0.2) is 55.6 Å². The molecule has 0 saturated carbocycles. The van der Waals surface area contributed by atoms with Crippen LogP contribution in [0.5, 0.6) is 0 Å². The summed E-state index contributed by atoms with van der Waals surface area (Å²) < 4.78 is 0. The van der Waals surface area contributed by atoms with Gasteiger partial charge in [-0.2, -0.15) is 0 Å². The minimum Gasteiger partial charge on any atom is -0.328 e. The molecule has 1 rings (SSSR count). The molecule has 96 valence electrons. The number of hydrogen-bond donors (Lipinski definition) is 1. The maximum Gasteiger partial charge on any atom is 0.0139 e. The molecular weight excluding hydrogens is 198 g/mol. The van der Waals surface area contributed by atoms with Gasteiger partial charge in [0.25, 0.3) is 0 Å². The third-order valence-electron chi connectivity index (χ3n) is 3.81. The average Bonchev–Trinajstić information content (AvgIpc) is 2.59. The SMILES string of the molecule is CCCC1C([C@@H](C)N)CCN1CCN(C)C. The van der Waals surface area contributed by atoms with Gasteiger partial charge in [0.05, 0.1) is 0 Å². The number of nitrogens with zero attached hydrogens (tertiary/aromatic N) is 2. The van der Waals surface area contributed by atoms with E-state index in [1.54, 1.807) is 0 Å². The first-order chi connectivity index (χ1) is 7.56. The van der Waals surface area contributed by atoms with Crippen molar-refractivity contribution in [3.63, 3.8) is 0 Å². The van der Waals surface area contributed by atoms with Crippen LogP contribution in [0.15, 0.2) is 0 Å². The van der Waals surface area contributed by atoms with E-state index >= 15 is 0 Å². The van der Waals surface area contributed by atoms with Crippen molar-refractivity contribution in [3.8, 4) is 0 Å². The van der Waals surface area contributed by atoms with Gasteiger partial charge < -0.3 is 10.6 Å². The fourth-order valence-corrected chi connectivity index (χ4v) is 2.86. The van der Waals surface area contributed by atoms with Crippen LogP contribution < -0.4 is 5.73 Å². The zero-order valence-corrected chi connectivity index (χ0v) is 11.4. The van der Waals surface area contributed by atoms with Crippen LogP contribution in [0.25, 0.3) is 0 Å². The predicted molar refractivity (Wildman–Crippen MR) is 70.6 cm³/mol. The third kappa shape index (κ3) is 3.72. The van der Waals surface area contributed by atoms with Crippen LogP contribution in [0, 0.1) is 5.92 Å². The highest BCUT2D eigenvalue weighted by molar-refractivity contribution is 4.90. The van der Waals surface area contributed by atoms with Crippen molar-refractivity contribution in [2.24, 2.45) is 11.7 Å². The van der Waals surface area contributed by atoms with Crippen molar-refractivity contribution in [2.75, 3.05) is 33.7 Å². The predicted octanol–water partition coefficient (Wildman–Crippen LogP) is 1.39. The van der Waals surface area contributed by atoms with Crippen molar-refractivity contribution < 1.29 is 0 Å². The van der Waals surface area contributed by atoms with Crippen molar-refractivity contribution in [3.05, 3.63) is 0 Å². The zero-order chi connectivity index (χ0) is 12.1. The molecule has 0 aromatic carbocycles. The van der Waals surface area contributed by atoms with E-state index in [4.69, 9.17) is 5.73 Å². The second-order valence-electron chi connectivity index (χ2n) is 5.51. The van der Waals surface area contributed by atoms with E-state index in [0.717, 1.165) is 12.6 Å². The fourth-order valence-electron chi connectivity index (χ4n) is 2.86. The maximum atomic E-state index is 6.10. The topological polar surface area (TPSA) is 32.5 Å². The maximum absolute atomic E-state index is 6.10. The Labute approximate surface area is 101 Å². The molecule has 1 heterocycles. The highest BCUT2D eigenvalue weighted by atomic mass is 15.2. The van der Waals surface area contributed by atoms with E-state index in [1.165, 1.54) is 32.4 Å². The Morgan fingerprint density at radius 1 is 1.44 bits per heavy atom. The molecule has 3 heteroatoms. The fraction of sp³-hybridized carbons (Fsp3) is 1.00. The van der Waals surface area contributed by atoms with Crippen LogP contribution >= 0.6 is 0 Å². The summed E-state index contributed by atoms with van der Waals surface area (Å²) in [6.45, 7) is 8.04. The molecular formula is C13H29N3. The molecule has 0 spiro atoms. The summed E-state index contributed by atoms with van der Waals surface area (Å²) >= 11 is 0. The first-order valence-electron chi connectivity index (χ1n) is 6.70. The molecule has 1 aliphatic rings. The van der Waals surface area contributed by atoms with Crippen LogP contribution in [0.4, 0.5) is 0 Å². The second-order valence-corrected chi connectivity index (χ2v) is 5.51. The summed E-state index contributed by atoms with van der Waals surface area (Å²) in [6.07, 6.45) is 3.86. The highest BCUT2D eigenvalue weighted by Crippen LogP contribution is 2.29. The number of rotatable bonds is 6. The van der Waals surface area contributed by atoms with Crippen LogP contribution in [0.2, 0.25) is 0 Å². The molecule has 0 aliphatic carbocycles. The minimum absolute atomic E-state index is 0.348. The molecule has 0 bridgehead atoms. The molecule has 1 fully saturated rings. The van der Waals surface area contributed by atoms with Gasteiger partial charge in [0.15, 0.2) is 0 Å². The van der Waals surface area contributed by atoms with Crippen LogP contribution in [-0.2, 0) is 0 Å². The summed E-state index contributed by atoms with van der Waals surface area (Å²) in [5.74, 6) is 0.710. The van der Waals surface area contributed by atoms with Gasteiger partial charge in [-0.1, -0.05) is 13.3 Å². The number of likely N-dealkylation sites (tertiary alicyclic amines) is 1. The monoisotopic (exact) mass is 227 g/mol. The van der Waals surface area contributed by atoms with Gasteiger partial charge in [0, 0.05) is 25.2 Å². The summed E-state index contributed by atoms with van der Waals surface area (Å²) in [7, 11) is 4.29. The van der Waals surface area contributed by atoms with Crippen molar-refractivity contribution in [1.29, 1.82) is 0 Å². The lowest BCUT2D eigenvalue weighted by atomic mass is 9.91. The number of likely N-dealkylation sites (N-methyl/N-ethyl adjacent to an activating group) is 1. The summed E-state index contributed by atoms with van der Waals surface area (Å²) in [5.41, 5.74) is 6.10. The molecule has 16 heavy (non-hydrogen) atoms. The number of hydrogen-bond acceptors (Lipinski definition) is 3. The first-order valence-corrected chi connectivity index (χ1v) is 6.70. The summed E-state index contributed by atoms with van der Waals surface area (Å²) in [5, 5.41) is 0. The molecule has 2 unspecified atom stereocenters. The van der Waals surface area contributed by atoms with Crippen molar-refractivity contribution >= 4 is 0 Å². The van der Waals surface area contributed by atoms with Gasteiger partial charge in [-0.15, -0.1) is 0 Å². The van der Waals surface area contributed by atoms with E-state index in [9.17, 15) is 0 Å². The van der Waals surface area contributed by atoms with Crippen LogP contribution in [0.1, 0.15) is 33.1 Å². The Morgan fingerprint density at radius 2 is 2.12 bits per heavy atom. The summed E-state index contributed by atoms with van der Waals surface area (Å²) in [4.78, 5) is 4.92. The number of nitrogens with two attached hydrogens (primary N) is 1. The van der Waals surface area contributed by atoms with Gasteiger partial charge in [0.2, 0.25) is 0 Å². The van der Waals surface area contributed by atoms with Gasteiger partial charge in [-0.05, 0) is 46.3 Å². The van der Waals surface area contributed by atoms with E-state index in [0.29, 0.717) is 12.0 Å². The van der Waals surface area contributed by atoms with E-state index in [1.807, 2.05) is 0 Å². The molecule has 1 aliphatic heterocycles. The highest BCUT2D eigenvalue weighted by Gasteiger charge is 2.34. The molecule has 0 aromatic rings. The van der Waals surface area contributed by atoms with Crippen LogP contribution in [0.3, 0.4) is 0 Å². The van der Waals surface area contributed by atoms with Gasteiger partial charge in [-0.3, -0.25) is 4.90 Å². The van der Waals surface area contributed by atoms with Crippen molar-refractivity contribution in [2.45, 2.75) is 45.2 Å². The van der Waals surface area contributed by atoms with E-state index < -0.39 is 0 Å². The summed E-state index contributed by atoms with van der Waals surface area (Å²) in [6, 6.07) is 1.07. The molecule has 3 atom stereocenters. The molecule has 0 amide bonds. The average molecular weight is 227 g/mol. The molecule has 0 aromatic heterocycles. The lowest BCUT2D eigenvalue weighted by Gasteiger charge is -2.30. The Kier molecular flexibility index (Phi) is 5.73. The smallest absolute Gasteiger partial charge is 0.0139 e. The lowest BCUT2D eigenvalue weighted by molar-refractivity contribution is 0.186. The minimum atomic E-state index is 0.348. The first kappa shape index (κ1) is 13.9. The zero-order valence-electron chi connectivity index (χ0n) is 11.4. The van der Waals surface area contributed by atoms with Gasteiger partial charge in [-0.25, -0.2) is 0 Å². The normalized spacial score (nSPS) is 28.9. The third-order valence-corrected chi connectivity index (χ3v) is 3.81. The van der Waals surface area contributed by atoms with Gasteiger partial charge >= 0.3 is 0 Å². The molecule has 1 saturated heterocycles.